The molecule has 2 aromatic heterocycles. The number of hydrogen-bond donors (Lipinski definition) is 0. The maximum Gasteiger partial charge on any atom is 0.341 e. The van der Waals surface area contributed by atoms with Crippen molar-refractivity contribution in [1.29, 1.82) is 0 Å². The van der Waals surface area contributed by atoms with Gasteiger partial charge in [-0.15, -0.1) is 0 Å². The molecular weight excluding hydrogens is 498 g/mol. The molecule has 0 fully saturated rings. The molecule has 0 radical (unpaired) electrons. The van der Waals surface area contributed by atoms with E-state index in [9.17, 15) is 4.79 Å². The topological polar surface area (TPSA) is 56.6 Å². The van der Waals surface area contributed by atoms with Gasteiger partial charge in [-0.1, -0.05) is 44.4 Å². The first-order chi connectivity index (χ1) is 19.5. The molecular formula is C34H41N3O3. The lowest BCUT2D eigenvalue weighted by Crippen LogP contribution is -2.32. The summed E-state index contributed by atoms with van der Waals surface area (Å²) < 4.78 is 15.5. The Hall–Kier alpha value is -3.80. The summed E-state index contributed by atoms with van der Waals surface area (Å²) in [5.41, 5.74) is 4.89. The molecule has 0 saturated heterocycles. The zero-order valence-corrected chi connectivity index (χ0v) is 24.5. The van der Waals surface area contributed by atoms with Crippen LogP contribution >= 0.6 is 0 Å². The minimum atomic E-state index is -1.24. The highest BCUT2D eigenvalue weighted by Crippen LogP contribution is 2.52. The maximum absolute atomic E-state index is 13.5. The van der Waals surface area contributed by atoms with Crippen molar-refractivity contribution in [3.63, 3.8) is 0 Å². The Labute approximate surface area is 237 Å². The first-order valence-electron chi connectivity index (χ1n) is 14.8. The van der Waals surface area contributed by atoms with Gasteiger partial charge in [0.05, 0.1) is 12.2 Å². The van der Waals surface area contributed by atoms with Crippen LogP contribution in [0.1, 0.15) is 86.3 Å². The molecule has 0 N–H and O–H groups in total. The predicted octanol–water partition coefficient (Wildman–Crippen LogP) is 7.63. The number of cyclic esters (lactones) is 1. The minimum Gasteiger partial charge on any atom is -0.493 e. The van der Waals surface area contributed by atoms with Gasteiger partial charge < -0.3 is 18.9 Å². The summed E-state index contributed by atoms with van der Waals surface area (Å²) in [7, 11) is 0. The molecule has 6 nitrogen and oxygen atoms in total. The summed E-state index contributed by atoms with van der Waals surface area (Å²) in [4.78, 5) is 20.7. The lowest BCUT2D eigenvalue weighted by Gasteiger charge is -2.32. The third-order valence-corrected chi connectivity index (χ3v) is 8.23. The second-order valence-electron chi connectivity index (χ2n) is 10.5. The molecule has 210 valence electrons. The van der Waals surface area contributed by atoms with E-state index in [4.69, 9.17) is 14.5 Å². The number of ether oxygens (including phenoxy) is 2. The van der Waals surface area contributed by atoms with Crippen molar-refractivity contribution in [2.24, 2.45) is 0 Å². The fraction of sp³-hybridized carbons (Fsp3) is 0.412. The van der Waals surface area contributed by atoms with Gasteiger partial charge in [0.1, 0.15) is 11.4 Å². The fourth-order valence-corrected chi connectivity index (χ4v) is 6.28. The van der Waals surface area contributed by atoms with E-state index in [1.807, 2.05) is 12.1 Å². The number of benzene rings is 2. The number of aromatic nitrogens is 2. The SMILES string of the molecule is CCCCCCOc1cc(N(CC)CC)ccc1C1(c2c(C)n(CC)c3ccccc23)OC(=O)c2cccnc21. The standard InChI is InChI=1S/C34H41N3O3/c1-6-10-11-14-22-39-30-23-25(36(7-2)8-3)19-20-28(30)34(32-27(33(38)40-34)17-15-21-35-32)31-24(5)37(9-4)29-18-13-12-16-26(29)31/h12-13,15-21,23H,6-11,14,22H2,1-5H3. The highest BCUT2D eigenvalue weighted by molar-refractivity contribution is 5.98. The van der Waals surface area contributed by atoms with Crippen molar-refractivity contribution in [2.75, 3.05) is 24.6 Å². The van der Waals surface area contributed by atoms with Crippen molar-refractivity contribution in [3.05, 3.63) is 88.9 Å². The number of hydrogen-bond acceptors (Lipinski definition) is 5. The zero-order valence-electron chi connectivity index (χ0n) is 24.5. The van der Waals surface area contributed by atoms with Crippen LogP contribution in [0.15, 0.2) is 60.8 Å². The van der Waals surface area contributed by atoms with Crippen molar-refractivity contribution in [2.45, 2.75) is 72.4 Å². The van der Waals surface area contributed by atoms with Crippen LogP contribution in [-0.4, -0.2) is 35.2 Å². The van der Waals surface area contributed by atoms with E-state index in [0.717, 1.165) is 71.6 Å². The van der Waals surface area contributed by atoms with Crippen molar-refractivity contribution >= 4 is 22.6 Å². The van der Waals surface area contributed by atoms with Crippen LogP contribution in [0.25, 0.3) is 10.9 Å². The van der Waals surface area contributed by atoms with E-state index in [0.29, 0.717) is 17.9 Å². The highest BCUT2D eigenvalue weighted by Gasteiger charge is 2.54. The number of aryl methyl sites for hydroxylation is 1. The van der Waals surface area contributed by atoms with Crippen LogP contribution in [0.4, 0.5) is 5.69 Å². The summed E-state index contributed by atoms with van der Waals surface area (Å²) in [6.07, 6.45) is 6.20. The number of nitrogens with zero attached hydrogens (tertiary/aromatic N) is 3. The second kappa shape index (κ2) is 11.7. The molecule has 5 rings (SSSR count). The van der Waals surface area contributed by atoms with Crippen LogP contribution in [-0.2, 0) is 16.9 Å². The van der Waals surface area contributed by atoms with Gasteiger partial charge in [-0.2, -0.15) is 0 Å². The third-order valence-electron chi connectivity index (χ3n) is 8.23. The van der Waals surface area contributed by atoms with Crippen LogP contribution < -0.4 is 9.64 Å². The van der Waals surface area contributed by atoms with Gasteiger partial charge in [0.2, 0.25) is 5.60 Å². The Morgan fingerprint density at radius 3 is 2.52 bits per heavy atom. The first kappa shape index (κ1) is 27.8. The average Bonchev–Trinajstić information content (AvgIpc) is 3.44. The van der Waals surface area contributed by atoms with Gasteiger partial charge in [-0.25, -0.2) is 4.79 Å². The lowest BCUT2D eigenvalue weighted by molar-refractivity contribution is 0.0237. The second-order valence-corrected chi connectivity index (χ2v) is 10.5. The molecule has 1 aliphatic heterocycles. The number of carbonyl (C=O) groups is 1. The van der Waals surface area contributed by atoms with E-state index in [1.165, 1.54) is 12.8 Å². The van der Waals surface area contributed by atoms with E-state index >= 15 is 0 Å². The number of esters is 1. The number of fused-ring (bicyclic) bond motifs is 2. The Balaban J connectivity index is 1.80. The van der Waals surface area contributed by atoms with Crippen LogP contribution in [0.3, 0.4) is 0 Å². The molecule has 4 aromatic rings. The molecule has 6 heteroatoms. The first-order valence-corrected chi connectivity index (χ1v) is 14.8. The Morgan fingerprint density at radius 2 is 1.77 bits per heavy atom. The molecule has 0 aliphatic carbocycles. The number of unbranched alkanes of at least 4 members (excludes halogenated alkanes) is 3. The summed E-state index contributed by atoms with van der Waals surface area (Å²) in [5, 5.41) is 1.05. The quantitative estimate of drug-likeness (QED) is 0.137. The summed E-state index contributed by atoms with van der Waals surface area (Å²) in [6, 6.07) is 18.3. The minimum absolute atomic E-state index is 0.363. The number of carbonyl (C=O) groups excluding carboxylic acids is 1. The van der Waals surface area contributed by atoms with E-state index < -0.39 is 5.60 Å². The molecule has 3 heterocycles. The third kappa shape index (κ3) is 4.53. The molecule has 0 bridgehead atoms. The van der Waals surface area contributed by atoms with Crippen LogP contribution in [0.5, 0.6) is 5.75 Å². The Kier molecular flexibility index (Phi) is 8.15. The Morgan fingerprint density at radius 1 is 0.975 bits per heavy atom. The summed E-state index contributed by atoms with van der Waals surface area (Å²) in [5.74, 6) is 0.373. The molecule has 1 unspecified atom stereocenters. The van der Waals surface area contributed by atoms with Crippen LogP contribution in [0.2, 0.25) is 0 Å². The number of pyridine rings is 1. The van der Waals surface area contributed by atoms with Gasteiger partial charge in [-0.3, -0.25) is 4.98 Å². The molecule has 1 aliphatic rings. The Bertz CT molecular complexity index is 1500. The van der Waals surface area contributed by atoms with Crippen molar-refractivity contribution < 1.29 is 14.3 Å². The predicted molar refractivity (Wildman–Crippen MR) is 162 cm³/mol. The zero-order chi connectivity index (χ0) is 28.3. The fourth-order valence-electron chi connectivity index (χ4n) is 6.28. The summed E-state index contributed by atoms with van der Waals surface area (Å²) >= 11 is 0. The van der Waals surface area contributed by atoms with Gasteiger partial charge in [0.25, 0.3) is 0 Å². The van der Waals surface area contributed by atoms with Crippen molar-refractivity contribution in [3.8, 4) is 5.75 Å². The van der Waals surface area contributed by atoms with E-state index in [1.54, 1.807) is 12.3 Å². The van der Waals surface area contributed by atoms with Gasteiger partial charge >= 0.3 is 5.97 Å². The summed E-state index contributed by atoms with van der Waals surface area (Å²) in [6.45, 7) is 14.0. The molecule has 40 heavy (non-hydrogen) atoms. The molecule has 1 atom stereocenters. The van der Waals surface area contributed by atoms with Crippen molar-refractivity contribution in [1.82, 2.24) is 9.55 Å². The molecule has 0 amide bonds. The number of rotatable bonds is 12. The lowest BCUT2D eigenvalue weighted by atomic mass is 9.80. The molecule has 2 aromatic carbocycles. The average molecular weight is 540 g/mol. The highest BCUT2D eigenvalue weighted by atomic mass is 16.6. The van der Waals surface area contributed by atoms with Gasteiger partial charge in [-0.05, 0) is 64.4 Å². The monoisotopic (exact) mass is 539 g/mol. The number of para-hydroxylation sites is 1. The van der Waals surface area contributed by atoms with Crippen LogP contribution in [0, 0.1) is 6.92 Å². The van der Waals surface area contributed by atoms with Gasteiger partial charge in [0, 0.05) is 65.3 Å². The normalized spacial score (nSPS) is 16.3. The largest absolute Gasteiger partial charge is 0.493 e. The molecule has 0 saturated carbocycles. The van der Waals surface area contributed by atoms with E-state index in [2.05, 4.69) is 80.5 Å². The maximum atomic E-state index is 13.5. The van der Waals surface area contributed by atoms with Gasteiger partial charge in [0.15, 0.2) is 0 Å². The van der Waals surface area contributed by atoms with E-state index in [-0.39, 0.29) is 5.97 Å². The molecule has 0 spiro atoms. The number of anilines is 1. The smallest absolute Gasteiger partial charge is 0.341 e.